The summed E-state index contributed by atoms with van der Waals surface area (Å²) < 4.78 is 16.9. The first kappa shape index (κ1) is 15.3. The molecule has 0 aliphatic heterocycles. The number of nitrogens with two attached hydrogens (primary N) is 1. The van der Waals surface area contributed by atoms with Crippen molar-refractivity contribution < 1.29 is 14.2 Å². The van der Waals surface area contributed by atoms with E-state index in [1.165, 1.54) is 0 Å². The lowest BCUT2D eigenvalue weighted by molar-refractivity contribution is 0.170. The lowest BCUT2D eigenvalue weighted by Gasteiger charge is -2.14. The molecule has 1 aromatic rings. The molecule has 0 amide bonds. The van der Waals surface area contributed by atoms with Crippen molar-refractivity contribution in [2.45, 2.75) is 12.8 Å². The molecule has 4 nitrogen and oxygen atoms in total. The third-order valence-corrected chi connectivity index (χ3v) is 3.05. The Morgan fingerprint density at radius 1 is 1.22 bits per heavy atom. The van der Waals surface area contributed by atoms with Crippen LogP contribution in [0.2, 0.25) is 0 Å². The molecule has 18 heavy (non-hydrogen) atoms. The van der Waals surface area contributed by atoms with Gasteiger partial charge in [-0.25, -0.2) is 0 Å². The van der Waals surface area contributed by atoms with Crippen molar-refractivity contribution >= 4 is 15.9 Å². The summed E-state index contributed by atoms with van der Waals surface area (Å²) >= 11 is 3.50. The van der Waals surface area contributed by atoms with E-state index in [9.17, 15) is 0 Å². The van der Waals surface area contributed by atoms with Crippen LogP contribution in [-0.4, -0.2) is 34.0 Å². The van der Waals surface area contributed by atoms with E-state index in [-0.39, 0.29) is 0 Å². The van der Waals surface area contributed by atoms with Crippen LogP contribution in [0.25, 0.3) is 0 Å². The Morgan fingerprint density at radius 2 is 2.00 bits per heavy atom. The number of rotatable bonds is 8. The number of halogens is 1. The molecule has 0 heterocycles. The van der Waals surface area contributed by atoms with Gasteiger partial charge in [0.25, 0.3) is 0 Å². The highest BCUT2D eigenvalue weighted by molar-refractivity contribution is 9.10. The maximum Gasteiger partial charge on any atom is 0.175 e. The summed E-state index contributed by atoms with van der Waals surface area (Å²) in [4.78, 5) is 0. The summed E-state index contributed by atoms with van der Waals surface area (Å²) in [6.45, 7) is 1.90. The average molecular weight is 318 g/mol. The summed E-state index contributed by atoms with van der Waals surface area (Å²) in [5, 5.41) is 0. The standard InChI is InChI=1S/C13H20BrNO3/c1-16-6-3-7-18-13-11(14)8-10(4-5-15)9-12(13)17-2/h8-9H,3-7,15H2,1-2H3. The Labute approximate surface area is 117 Å². The van der Waals surface area contributed by atoms with Gasteiger partial charge in [0.05, 0.1) is 18.2 Å². The van der Waals surface area contributed by atoms with Crippen LogP contribution in [0.4, 0.5) is 0 Å². The lowest BCUT2D eigenvalue weighted by atomic mass is 10.1. The van der Waals surface area contributed by atoms with Crippen LogP contribution in [0.3, 0.4) is 0 Å². The highest BCUT2D eigenvalue weighted by atomic mass is 79.9. The zero-order chi connectivity index (χ0) is 13.4. The number of methoxy groups -OCH3 is 2. The Balaban J connectivity index is 2.76. The van der Waals surface area contributed by atoms with Gasteiger partial charge in [-0.15, -0.1) is 0 Å². The molecule has 0 unspecified atom stereocenters. The lowest BCUT2D eigenvalue weighted by Crippen LogP contribution is -2.05. The summed E-state index contributed by atoms with van der Waals surface area (Å²) in [5.41, 5.74) is 6.68. The van der Waals surface area contributed by atoms with Gasteiger partial charge in [0.2, 0.25) is 0 Å². The first-order chi connectivity index (χ1) is 8.72. The van der Waals surface area contributed by atoms with Crippen LogP contribution in [0, 0.1) is 0 Å². The van der Waals surface area contributed by atoms with Gasteiger partial charge >= 0.3 is 0 Å². The van der Waals surface area contributed by atoms with Crippen LogP contribution in [-0.2, 0) is 11.2 Å². The van der Waals surface area contributed by atoms with E-state index in [0.29, 0.717) is 19.8 Å². The molecule has 0 fully saturated rings. The van der Waals surface area contributed by atoms with E-state index >= 15 is 0 Å². The molecule has 0 bridgehead atoms. The number of hydrogen-bond donors (Lipinski definition) is 1. The van der Waals surface area contributed by atoms with Crippen LogP contribution >= 0.6 is 15.9 Å². The predicted molar refractivity (Wildman–Crippen MR) is 75.4 cm³/mol. The first-order valence-electron chi connectivity index (χ1n) is 5.91. The minimum atomic E-state index is 0.596. The topological polar surface area (TPSA) is 53.7 Å². The van der Waals surface area contributed by atoms with Crippen molar-refractivity contribution in [3.63, 3.8) is 0 Å². The van der Waals surface area contributed by atoms with Gasteiger partial charge in [-0.05, 0) is 46.6 Å². The molecule has 0 saturated heterocycles. The van der Waals surface area contributed by atoms with E-state index < -0.39 is 0 Å². The Morgan fingerprint density at radius 3 is 2.61 bits per heavy atom. The minimum absolute atomic E-state index is 0.596. The smallest absolute Gasteiger partial charge is 0.175 e. The van der Waals surface area contributed by atoms with Crippen LogP contribution in [0.5, 0.6) is 11.5 Å². The first-order valence-corrected chi connectivity index (χ1v) is 6.70. The van der Waals surface area contributed by atoms with Crippen molar-refractivity contribution in [3.05, 3.63) is 22.2 Å². The second-order valence-corrected chi connectivity index (χ2v) is 4.70. The average Bonchev–Trinajstić information content (AvgIpc) is 2.36. The summed E-state index contributed by atoms with van der Waals surface area (Å²) in [6, 6.07) is 3.98. The van der Waals surface area contributed by atoms with Gasteiger partial charge in [-0.3, -0.25) is 0 Å². The maximum atomic E-state index is 5.71. The Kier molecular flexibility index (Phi) is 7.08. The fraction of sp³-hybridized carbons (Fsp3) is 0.538. The second-order valence-electron chi connectivity index (χ2n) is 3.84. The zero-order valence-electron chi connectivity index (χ0n) is 10.9. The highest BCUT2D eigenvalue weighted by Gasteiger charge is 2.11. The third-order valence-electron chi connectivity index (χ3n) is 2.46. The monoisotopic (exact) mass is 317 g/mol. The number of benzene rings is 1. The van der Waals surface area contributed by atoms with Gasteiger partial charge < -0.3 is 19.9 Å². The maximum absolute atomic E-state index is 5.71. The highest BCUT2D eigenvalue weighted by Crippen LogP contribution is 2.36. The van der Waals surface area contributed by atoms with Crippen LogP contribution in [0.1, 0.15) is 12.0 Å². The van der Waals surface area contributed by atoms with Crippen molar-refractivity contribution in [1.29, 1.82) is 0 Å². The SMILES string of the molecule is COCCCOc1c(Br)cc(CCN)cc1OC. The Bertz CT molecular complexity index is 371. The molecule has 1 rings (SSSR count). The van der Waals surface area contributed by atoms with Crippen molar-refractivity contribution in [3.8, 4) is 11.5 Å². The van der Waals surface area contributed by atoms with Crippen molar-refractivity contribution in [1.82, 2.24) is 0 Å². The van der Waals surface area contributed by atoms with Gasteiger partial charge in [0.15, 0.2) is 11.5 Å². The Hall–Kier alpha value is -0.780. The molecule has 102 valence electrons. The zero-order valence-corrected chi connectivity index (χ0v) is 12.5. The molecular formula is C13H20BrNO3. The minimum Gasteiger partial charge on any atom is -0.493 e. The number of hydrogen-bond acceptors (Lipinski definition) is 4. The van der Waals surface area contributed by atoms with Crippen molar-refractivity contribution in [2.24, 2.45) is 5.73 Å². The number of ether oxygens (including phenoxy) is 3. The van der Waals surface area contributed by atoms with Gasteiger partial charge in [0.1, 0.15) is 0 Å². The van der Waals surface area contributed by atoms with Gasteiger partial charge in [0, 0.05) is 20.1 Å². The molecule has 2 N–H and O–H groups in total. The molecule has 0 aliphatic carbocycles. The quantitative estimate of drug-likeness (QED) is 0.748. The molecule has 0 spiro atoms. The van der Waals surface area contributed by atoms with Crippen LogP contribution in [0.15, 0.2) is 16.6 Å². The van der Waals surface area contributed by atoms with Gasteiger partial charge in [-0.1, -0.05) is 0 Å². The van der Waals surface area contributed by atoms with Crippen molar-refractivity contribution in [2.75, 3.05) is 34.0 Å². The largest absolute Gasteiger partial charge is 0.493 e. The third kappa shape index (κ3) is 4.48. The fourth-order valence-corrected chi connectivity index (χ4v) is 2.21. The summed E-state index contributed by atoms with van der Waals surface area (Å²) in [5.74, 6) is 1.46. The van der Waals surface area contributed by atoms with E-state index in [1.54, 1.807) is 14.2 Å². The molecule has 0 aliphatic rings. The second kappa shape index (κ2) is 8.34. The van der Waals surface area contributed by atoms with E-state index in [0.717, 1.165) is 34.4 Å². The normalized spacial score (nSPS) is 10.4. The molecule has 5 heteroatoms. The molecule has 0 radical (unpaired) electrons. The predicted octanol–water partition coefficient (Wildman–Crippen LogP) is 2.37. The molecular weight excluding hydrogens is 298 g/mol. The summed E-state index contributed by atoms with van der Waals surface area (Å²) in [7, 11) is 3.31. The fourth-order valence-electron chi connectivity index (χ4n) is 1.60. The summed E-state index contributed by atoms with van der Waals surface area (Å²) in [6.07, 6.45) is 1.66. The molecule has 1 aromatic carbocycles. The molecule has 0 aromatic heterocycles. The van der Waals surface area contributed by atoms with E-state index in [2.05, 4.69) is 15.9 Å². The van der Waals surface area contributed by atoms with E-state index in [4.69, 9.17) is 19.9 Å². The van der Waals surface area contributed by atoms with Gasteiger partial charge in [-0.2, -0.15) is 0 Å². The molecule has 0 atom stereocenters. The van der Waals surface area contributed by atoms with E-state index in [1.807, 2.05) is 12.1 Å². The van der Waals surface area contributed by atoms with Crippen LogP contribution < -0.4 is 15.2 Å². The molecule has 0 saturated carbocycles.